The molecule has 0 aromatic heterocycles. The number of ether oxygens (including phenoxy) is 1. The van der Waals surface area contributed by atoms with Crippen molar-refractivity contribution in [1.29, 1.82) is 5.26 Å². The largest absolute Gasteiger partial charge is 0.398 e. The maximum atomic E-state index is 9.11. The lowest BCUT2D eigenvalue weighted by Crippen LogP contribution is -2.65. The molecule has 1 saturated heterocycles. The van der Waals surface area contributed by atoms with Gasteiger partial charge < -0.3 is 9.16 Å². The number of rotatable bonds is 5. The third kappa shape index (κ3) is 4.62. The molecule has 3 nitrogen and oxygen atoms in total. The Morgan fingerprint density at radius 2 is 1.70 bits per heavy atom. The molecular weight excluding hydrogens is 370 g/mol. The van der Waals surface area contributed by atoms with Crippen molar-refractivity contribution in [1.82, 2.24) is 0 Å². The van der Waals surface area contributed by atoms with Crippen molar-refractivity contribution >= 4 is 20.1 Å². The number of benzene rings is 1. The molecule has 3 atom stereocenters. The summed E-state index contributed by atoms with van der Waals surface area (Å²) >= 11 is 1.90. The Labute approximate surface area is 171 Å². The Morgan fingerprint density at radius 1 is 1.15 bits per heavy atom. The summed E-state index contributed by atoms with van der Waals surface area (Å²) in [5, 5.41) is 9.24. The average Bonchev–Trinajstić information content (AvgIpc) is 2.51. The van der Waals surface area contributed by atoms with Crippen LogP contribution in [0.3, 0.4) is 0 Å². The molecular formula is C22H35NO2SSi. The van der Waals surface area contributed by atoms with Crippen LogP contribution < -0.4 is 0 Å². The van der Waals surface area contributed by atoms with Crippen LogP contribution in [0.4, 0.5) is 0 Å². The second-order valence-electron chi connectivity index (χ2n) is 9.95. The number of hydrogen-bond donors (Lipinski definition) is 0. The molecule has 0 aliphatic carbocycles. The van der Waals surface area contributed by atoms with E-state index in [1.165, 1.54) is 0 Å². The first-order valence-corrected chi connectivity index (χ1v) is 13.5. The van der Waals surface area contributed by atoms with Crippen LogP contribution in [0.1, 0.15) is 72.1 Å². The van der Waals surface area contributed by atoms with Gasteiger partial charge in [0, 0.05) is 4.75 Å². The number of hydrogen-bond acceptors (Lipinski definition) is 4. The van der Waals surface area contributed by atoms with E-state index in [-0.39, 0.29) is 22.0 Å². The number of thioether (sulfide) groups is 1. The molecule has 0 saturated carbocycles. The topological polar surface area (TPSA) is 42.2 Å². The zero-order chi connectivity index (χ0) is 20.7. The highest BCUT2D eigenvalue weighted by atomic mass is 32.2. The van der Waals surface area contributed by atoms with Gasteiger partial charge in [0.15, 0.2) is 13.3 Å². The van der Waals surface area contributed by atoms with Crippen molar-refractivity contribution in [2.45, 2.75) is 94.9 Å². The third-order valence-corrected chi connectivity index (χ3v) is 11.6. The first-order chi connectivity index (χ1) is 12.3. The zero-order valence-electron chi connectivity index (χ0n) is 18.3. The smallest absolute Gasteiger partial charge is 0.194 e. The van der Waals surface area contributed by atoms with Gasteiger partial charge in [-0.05, 0) is 42.2 Å². The van der Waals surface area contributed by atoms with Crippen LogP contribution in [0.25, 0.3) is 0 Å². The van der Waals surface area contributed by atoms with Gasteiger partial charge in [-0.1, -0.05) is 60.6 Å². The molecule has 0 spiro atoms. The summed E-state index contributed by atoms with van der Waals surface area (Å²) in [7, 11) is -2.01. The second-order valence-corrected chi connectivity index (χ2v) is 16.7. The lowest BCUT2D eigenvalue weighted by Gasteiger charge is -2.60. The Hall–Kier alpha value is -0.803. The van der Waals surface area contributed by atoms with Gasteiger partial charge in [-0.15, -0.1) is 11.8 Å². The SMILES string of the molecule is CC[C@@H]1O[C@H](c2ccc(C#N)cc2)[C@]1(O[Si](C)(C)C(C)(C)C)SC(C)(C)C. The van der Waals surface area contributed by atoms with Gasteiger partial charge in [0.25, 0.3) is 0 Å². The molecule has 0 amide bonds. The molecule has 1 aromatic carbocycles. The predicted molar refractivity (Wildman–Crippen MR) is 117 cm³/mol. The van der Waals surface area contributed by atoms with Gasteiger partial charge in [-0.3, -0.25) is 0 Å². The molecule has 150 valence electrons. The Morgan fingerprint density at radius 3 is 2.11 bits per heavy atom. The van der Waals surface area contributed by atoms with E-state index in [2.05, 4.69) is 67.6 Å². The van der Waals surface area contributed by atoms with Crippen LogP contribution >= 0.6 is 11.8 Å². The molecule has 1 heterocycles. The molecule has 1 fully saturated rings. The van der Waals surface area contributed by atoms with Gasteiger partial charge in [0.1, 0.15) is 6.10 Å². The highest BCUT2D eigenvalue weighted by molar-refractivity contribution is 8.02. The van der Waals surface area contributed by atoms with E-state index in [4.69, 9.17) is 14.4 Å². The van der Waals surface area contributed by atoms with E-state index >= 15 is 0 Å². The van der Waals surface area contributed by atoms with Crippen molar-refractivity contribution in [3.63, 3.8) is 0 Å². The molecule has 1 aromatic rings. The first-order valence-electron chi connectivity index (χ1n) is 9.81. The molecule has 0 radical (unpaired) electrons. The summed E-state index contributed by atoms with van der Waals surface area (Å²) in [6.07, 6.45) is 0.870. The average molecular weight is 406 g/mol. The van der Waals surface area contributed by atoms with Crippen LogP contribution in [0.15, 0.2) is 24.3 Å². The van der Waals surface area contributed by atoms with E-state index < -0.39 is 13.3 Å². The molecule has 0 bridgehead atoms. The minimum atomic E-state index is -2.01. The number of nitriles is 1. The third-order valence-electron chi connectivity index (χ3n) is 5.51. The van der Waals surface area contributed by atoms with Gasteiger partial charge in [0.2, 0.25) is 0 Å². The van der Waals surface area contributed by atoms with E-state index in [9.17, 15) is 0 Å². The fourth-order valence-electron chi connectivity index (χ4n) is 3.16. The fraction of sp³-hybridized carbons (Fsp3) is 0.682. The van der Waals surface area contributed by atoms with Crippen molar-refractivity contribution in [3.8, 4) is 6.07 Å². The fourth-order valence-corrected chi connectivity index (χ4v) is 6.91. The van der Waals surface area contributed by atoms with E-state index in [0.29, 0.717) is 5.56 Å². The molecule has 27 heavy (non-hydrogen) atoms. The normalized spacial score (nSPS) is 26.4. The molecule has 1 aliphatic heterocycles. The monoisotopic (exact) mass is 405 g/mol. The van der Waals surface area contributed by atoms with Crippen LogP contribution in [0.2, 0.25) is 18.1 Å². The van der Waals surface area contributed by atoms with Crippen LogP contribution in [-0.4, -0.2) is 24.1 Å². The first kappa shape index (κ1) is 22.5. The second kappa shape index (κ2) is 7.55. The van der Waals surface area contributed by atoms with Gasteiger partial charge in [-0.2, -0.15) is 5.26 Å². The summed E-state index contributed by atoms with van der Waals surface area (Å²) in [5.74, 6) is 0. The lowest BCUT2D eigenvalue weighted by atomic mass is 9.91. The standard InChI is InChI=1S/C22H35NO2SSi/c1-10-18-22(26-20(2,3)4,25-27(8,9)21(5,6)7)19(24-18)17-13-11-16(15-23)12-14-17/h11-14,18-19H,10H2,1-9H3/t18-,19+,22+/m0/s1. The number of nitrogens with zero attached hydrogens (tertiary/aromatic N) is 1. The summed E-state index contributed by atoms with van der Waals surface area (Å²) in [6, 6.07) is 9.97. The zero-order valence-corrected chi connectivity index (χ0v) is 20.2. The highest BCUT2D eigenvalue weighted by Gasteiger charge is 2.62. The highest BCUT2D eigenvalue weighted by Crippen LogP contribution is 2.60. The van der Waals surface area contributed by atoms with Crippen molar-refractivity contribution < 1.29 is 9.16 Å². The van der Waals surface area contributed by atoms with E-state index in [1.807, 2.05) is 36.0 Å². The van der Waals surface area contributed by atoms with Gasteiger partial charge >= 0.3 is 0 Å². The molecule has 0 unspecified atom stereocenters. The van der Waals surface area contributed by atoms with Crippen molar-refractivity contribution in [2.24, 2.45) is 0 Å². The molecule has 0 N–H and O–H groups in total. The summed E-state index contributed by atoms with van der Waals surface area (Å²) in [4.78, 5) is -0.399. The molecule has 1 aliphatic rings. The summed E-state index contributed by atoms with van der Waals surface area (Å²) < 4.78 is 13.5. The van der Waals surface area contributed by atoms with Crippen LogP contribution in [0.5, 0.6) is 0 Å². The minimum absolute atomic E-state index is 0.0460. The van der Waals surface area contributed by atoms with Crippen LogP contribution in [-0.2, 0) is 9.16 Å². The minimum Gasteiger partial charge on any atom is -0.398 e. The molecule has 2 rings (SSSR count). The predicted octanol–water partition coefficient (Wildman–Crippen LogP) is 6.66. The lowest BCUT2D eigenvalue weighted by molar-refractivity contribution is -0.240. The van der Waals surface area contributed by atoms with Crippen molar-refractivity contribution in [3.05, 3.63) is 35.4 Å². The van der Waals surface area contributed by atoms with E-state index in [0.717, 1.165) is 12.0 Å². The maximum absolute atomic E-state index is 9.11. The Bertz CT molecular complexity index is 697. The van der Waals surface area contributed by atoms with E-state index in [1.54, 1.807) is 0 Å². The Balaban J connectivity index is 2.50. The van der Waals surface area contributed by atoms with Gasteiger partial charge in [-0.25, -0.2) is 0 Å². The summed E-state index contributed by atoms with van der Waals surface area (Å²) in [5.41, 5.74) is 1.76. The quantitative estimate of drug-likeness (QED) is 0.406. The van der Waals surface area contributed by atoms with Crippen molar-refractivity contribution in [2.75, 3.05) is 0 Å². The maximum Gasteiger partial charge on any atom is 0.194 e. The van der Waals surface area contributed by atoms with Gasteiger partial charge in [0.05, 0.1) is 17.7 Å². The summed E-state index contributed by atoms with van der Waals surface area (Å²) in [6.45, 7) is 20.4. The Kier molecular flexibility index (Phi) is 6.29. The molecule has 5 heteroatoms. The van der Waals surface area contributed by atoms with Crippen LogP contribution in [0, 0.1) is 11.3 Å².